The van der Waals surface area contributed by atoms with Crippen molar-refractivity contribution in [3.05, 3.63) is 24.3 Å². The summed E-state index contributed by atoms with van der Waals surface area (Å²) in [5.41, 5.74) is 0.434. The van der Waals surface area contributed by atoms with E-state index in [1.807, 2.05) is 31.2 Å². The molecule has 4 heteroatoms. The molecule has 0 radical (unpaired) electrons. The van der Waals surface area contributed by atoms with Gasteiger partial charge in [0.05, 0.1) is 17.8 Å². The van der Waals surface area contributed by atoms with Crippen molar-refractivity contribution in [2.24, 2.45) is 0 Å². The highest BCUT2D eigenvalue weighted by molar-refractivity contribution is 6.62. The first-order valence-electron chi connectivity index (χ1n) is 6.44. The van der Waals surface area contributed by atoms with E-state index in [0.717, 1.165) is 11.2 Å². The van der Waals surface area contributed by atoms with Crippen molar-refractivity contribution >= 4 is 12.6 Å². The van der Waals surface area contributed by atoms with Crippen molar-refractivity contribution in [3.63, 3.8) is 0 Å². The van der Waals surface area contributed by atoms with Gasteiger partial charge in [0.2, 0.25) is 0 Å². The molecule has 1 aromatic rings. The van der Waals surface area contributed by atoms with Gasteiger partial charge in [0, 0.05) is 0 Å². The molecule has 1 fully saturated rings. The molecule has 1 heterocycles. The number of benzene rings is 1. The average molecular weight is 248 g/mol. The predicted molar refractivity (Wildman–Crippen MR) is 73.3 cm³/mol. The van der Waals surface area contributed by atoms with E-state index in [-0.39, 0.29) is 18.3 Å². The molecular formula is C14H21BO3. The molecule has 0 aliphatic carbocycles. The van der Waals surface area contributed by atoms with Crippen LogP contribution in [-0.4, -0.2) is 24.9 Å². The molecule has 0 aromatic heterocycles. The Morgan fingerprint density at radius 2 is 1.50 bits per heavy atom. The quantitative estimate of drug-likeness (QED) is 0.768. The summed E-state index contributed by atoms with van der Waals surface area (Å²) in [4.78, 5) is 0. The Morgan fingerprint density at radius 1 is 1.00 bits per heavy atom. The molecule has 0 unspecified atom stereocenters. The van der Waals surface area contributed by atoms with Crippen LogP contribution < -0.4 is 10.2 Å². The van der Waals surface area contributed by atoms with Gasteiger partial charge in [-0.25, -0.2) is 0 Å². The van der Waals surface area contributed by atoms with Crippen LogP contribution in [0.15, 0.2) is 24.3 Å². The van der Waals surface area contributed by atoms with Crippen LogP contribution in [0.4, 0.5) is 0 Å². The Kier molecular flexibility index (Phi) is 3.43. The van der Waals surface area contributed by atoms with Crippen LogP contribution in [0.1, 0.15) is 34.6 Å². The third kappa shape index (κ3) is 2.40. The number of rotatable bonds is 3. The molecule has 0 amide bonds. The zero-order valence-electron chi connectivity index (χ0n) is 11.8. The maximum Gasteiger partial charge on any atom is 0.494 e. The molecule has 1 aliphatic heterocycles. The second-order valence-electron chi connectivity index (χ2n) is 5.59. The van der Waals surface area contributed by atoms with Crippen LogP contribution in [0.5, 0.6) is 5.75 Å². The lowest BCUT2D eigenvalue weighted by Gasteiger charge is -2.32. The minimum Gasteiger partial charge on any atom is -0.494 e. The number of hydrogen-bond donors (Lipinski definition) is 0. The zero-order valence-corrected chi connectivity index (χ0v) is 11.8. The Labute approximate surface area is 110 Å². The fourth-order valence-electron chi connectivity index (χ4n) is 1.87. The van der Waals surface area contributed by atoms with E-state index in [9.17, 15) is 0 Å². The van der Waals surface area contributed by atoms with E-state index in [1.54, 1.807) is 0 Å². The maximum atomic E-state index is 5.99. The third-order valence-electron chi connectivity index (χ3n) is 3.72. The van der Waals surface area contributed by atoms with Crippen molar-refractivity contribution in [3.8, 4) is 5.75 Å². The SMILES string of the molecule is CCOc1ccc(B2OC(C)(C)C(C)(C)O2)cc1. The lowest BCUT2D eigenvalue weighted by molar-refractivity contribution is 0.00578. The molecule has 1 aliphatic rings. The molecule has 0 atom stereocenters. The van der Waals surface area contributed by atoms with Gasteiger partial charge in [0.15, 0.2) is 0 Å². The molecule has 0 spiro atoms. The van der Waals surface area contributed by atoms with Gasteiger partial charge in [-0.1, -0.05) is 12.1 Å². The van der Waals surface area contributed by atoms with Gasteiger partial charge in [-0.2, -0.15) is 0 Å². The number of hydrogen-bond acceptors (Lipinski definition) is 3. The molecule has 1 aromatic carbocycles. The van der Waals surface area contributed by atoms with Gasteiger partial charge < -0.3 is 14.0 Å². The fourth-order valence-corrected chi connectivity index (χ4v) is 1.87. The van der Waals surface area contributed by atoms with Gasteiger partial charge in [-0.3, -0.25) is 0 Å². The Hall–Kier alpha value is -0.995. The lowest BCUT2D eigenvalue weighted by Crippen LogP contribution is -2.41. The standard InChI is InChI=1S/C14H21BO3/c1-6-16-12-9-7-11(8-10-12)15-17-13(2,3)14(4,5)18-15/h7-10H,6H2,1-5H3. The van der Waals surface area contributed by atoms with Gasteiger partial charge in [0.1, 0.15) is 5.75 Å². The highest BCUT2D eigenvalue weighted by Gasteiger charge is 2.51. The van der Waals surface area contributed by atoms with E-state index < -0.39 is 0 Å². The van der Waals surface area contributed by atoms with Gasteiger partial charge in [-0.05, 0) is 52.2 Å². The molecule has 0 bridgehead atoms. The van der Waals surface area contributed by atoms with Crippen LogP contribution in [0.3, 0.4) is 0 Å². The molecule has 0 N–H and O–H groups in total. The Morgan fingerprint density at radius 3 is 1.94 bits per heavy atom. The van der Waals surface area contributed by atoms with Crippen molar-refractivity contribution in [1.82, 2.24) is 0 Å². The normalized spacial score (nSPS) is 21.1. The summed E-state index contributed by atoms with van der Waals surface area (Å²) in [7, 11) is -0.300. The van der Waals surface area contributed by atoms with Gasteiger partial charge in [-0.15, -0.1) is 0 Å². The van der Waals surface area contributed by atoms with Crippen LogP contribution >= 0.6 is 0 Å². The van der Waals surface area contributed by atoms with Crippen molar-refractivity contribution in [2.75, 3.05) is 6.61 Å². The monoisotopic (exact) mass is 248 g/mol. The first kappa shape index (κ1) is 13.4. The van der Waals surface area contributed by atoms with Crippen LogP contribution in [0, 0.1) is 0 Å². The second kappa shape index (κ2) is 4.59. The molecule has 18 heavy (non-hydrogen) atoms. The van der Waals surface area contributed by atoms with Crippen molar-refractivity contribution in [2.45, 2.75) is 45.8 Å². The highest BCUT2D eigenvalue weighted by atomic mass is 16.7. The fraction of sp³-hybridized carbons (Fsp3) is 0.571. The average Bonchev–Trinajstić information content (AvgIpc) is 2.50. The minimum atomic E-state index is -0.300. The summed E-state index contributed by atoms with van der Waals surface area (Å²) >= 11 is 0. The maximum absolute atomic E-state index is 5.99. The molecule has 2 rings (SSSR count). The van der Waals surface area contributed by atoms with E-state index >= 15 is 0 Å². The van der Waals surface area contributed by atoms with Crippen molar-refractivity contribution < 1.29 is 14.0 Å². The summed E-state index contributed by atoms with van der Waals surface area (Å²) in [6.45, 7) is 10.9. The Balaban J connectivity index is 2.14. The van der Waals surface area contributed by atoms with E-state index in [0.29, 0.717) is 6.61 Å². The third-order valence-corrected chi connectivity index (χ3v) is 3.72. The Bertz CT molecular complexity index is 396. The summed E-state index contributed by atoms with van der Waals surface area (Å²) in [5, 5.41) is 0. The minimum absolute atomic E-state index is 0.295. The summed E-state index contributed by atoms with van der Waals surface area (Å²) in [6, 6.07) is 7.88. The predicted octanol–water partition coefficient (Wildman–Crippen LogP) is 2.38. The highest BCUT2D eigenvalue weighted by Crippen LogP contribution is 2.36. The number of ether oxygens (including phenoxy) is 1. The smallest absolute Gasteiger partial charge is 0.494 e. The molecule has 3 nitrogen and oxygen atoms in total. The van der Waals surface area contributed by atoms with Crippen LogP contribution in [-0.2, 0) is 9.31 Å². The topological polar surface area (TPSA) is 27.7 Å². The largest absolute Gasteiger partial charge is 0.494 e. The summed E-state index contributed by atoms with van der Waals surface area (Å²) in [5.74, 6) is 0.873. The van der Waals surface area contributed by atoms with Gasteiger partial charge >= 0.3 is 7.12 Å². The summed E-state index contributed by atoms with van der Waals surface area (Å²) in [6.07, 6.45) is 0. The van der Waals surface area contributed by atoms with E-state index in [2.05, 4.69) is 27.7 Å². The molecule has 98 valence electrons. The van der Waals surface area contributed by atoms with Crippen LogP contribution in [0.25, 0.3) is 0 Å². The molecule has 1 saturated heterocycles. The zero-order chi connectivity index (χ0) is 13.4. The lowest BCUT2D eigenvalue weighted by atomic mass is 9.79. The van der Waals surface area contributed by atoms with Crippen molar-refractivity contribution in [1.29, 1.82) is 0 Å². The first-order chi connectivity index (χ1) is 8.36. The van der Waals surface area contributed by atoms with E-state index in [4.69, 9.17) is 14.0 Å². The van der Waals surface area contributed by atoms with E-state index in [1.165, 1.54) is 0 Å². The first-order valence-corrected chi connectivity index (χ1v) is 6.44. The molecule has 0 saturated carbocycles. The molecular weight excluding hydrogens is 227 g/mol. The second-order valence-corrected chi connectivity index (χ2v) is 5.59. The van der Waals surface area contributed by atoms with Gasteiger partial charge in [0.25, 0.3) is 0 Å². The van der Waals surface area contributed by atoms with Crippen LogP contribution in [0.2, 0.25) is 0 Å². The summed E-state index contributed by atoms with van der Waals surface area (Å²) < 4.78 is 17.4.